The van der Waals surface area contributed by atoms with Gasteiger partial charge in [-0.2, -0.15) is 0 Å². The van der Waals surface area contributed by atoms with E-state index >= 15 is 0 Å². The fourth-order valence-electron chi connectivity index (χ4n) is 4.65. The van der Waals surface area contributed by atoms with Gasteiger partial charge in [0.1, 0.15) is 0 Å². The largest absolute Gasteiger partial charge is 0.336 e. The Morgan fingerprint density at radius 1 is 1.03 bits per heavy atom. The van der Waals surface area contributed by atoms with Crippen LogP contribution in [0.4, 0.5) is 5.00 Å². The van der Waals surface area contributed by atoms with E-state index in [2.05, 4.69) is 45.2 Å². The SMILES string of the molecule is O=C(Nc1ccc(C(=O)N2CC(c3ncc(-c4ccc(C5CNC5)cc4)s3)C2)s1)[C@@H]1CCCN1. The molecule has 7 nitrogen and oxygen atoms in total. The smallest absolute Gasteiger partial charge is 0.264 e. The van der Waals surface area contributed by atoms with Gasteiger partial charge in [0.2, 0.25) is 5.91 Å². The second kappa shape index (κ2) is 9.22. The summed E-state index contributed by atoms with van der Waals surface area (Å²) in [7, 11) is 0. The Balaban J connectivity index is 1.03. The van der Waals surface area contributed by atoms with Gasteiger partial charge in [0, 0.05) is 44.2 Å². The minimum atomic E-state index is -0.126. The lowest BCUT2D eigenvalue weighted by molar-refractivity contribution is -0.117. The Hall–Kier alpha value is -2.59. The highest BCUT2D eigenvalue weighted by Gasteiger charge is 2.35. The minimum absolute atomic E-state index is 0.0170. The summed E-state index contributed by atoms with van der Waals surface area (Å²) in [5.74, 6) is 0.940. The average Bonchev–Trinajstić information content (AvgIpc) is 3.54. The zero-order valence-electron chi connectivity index (χ0n) is 18.8. The topological polar surface area (TPSA) is 86.4 Å². The van der Waals surface area contributed by atoms with Crippen LogP contribution in [0, 0.1) is 0 Å². The van der Waals surface area contributed by atoms with E-state index in [1.807, 2.05) is 23.2 Å². The van der Waals surface area contributed by atoms with Gasteiger partial charge in [0.05, 0.1) is 25.8 Å². The fraction of sp³-hybridized carbons (Fsp3) is 0.400. The van der Waals surface area contributed by atoms with Gasteiger partial charge in [-0.15, -0.1) is 22.7 Å². The molecule has 0 aliphatic carbocycles. The van der Waals surface area contributed by atoms with Crippen LogP contribution in [-0.2, 0) is 4.79 Å². The molecule has 3 N–H and O–H groups in total. The van der Waals surface area contributed by atoms with E-state index in [1.54, 1.807) is 11.3 Å². The molecule has 3 aliphatic heterocycles. The summed E-state index contributed by atoms with van der Waals surface area (Å²) in [4.78, 5) is 33.5. The van der Waals surface area contributed by atoms with Crippen LogP contribution in [0.5, 0.6) is 0 Å². The highest BCUT2D eigenvalue weighted by molar-refractivity contribution is 7.18. The highest BCUT2D eigenvalue weighted by atomic mass is 32.1. The van der Waals surface area contributed by atoms with Crippen LogP contribution in [0.1, 0.15) is 44.9 Å². The van der Waals surface area contributed by atoms with Gasteiger partial charge in [0.25, 0.3) is 5.91 Å². The van der Waals surface area contributed by atoms with E-state index < -0.39 is 0 Å². The molecule has 6 rings (SSSR count). The van der Waals surface area contributed by atoms with Gasteiger partial charge in [-0.1, -0.05) is 24.3 Å². The van der Waals surface area contributed by atoms with E-state index in [9.17, 15) is 9.59 Å². The van der Waals surface area contributed by atoms with Crippen molar-refractivity contribution in [3.05, 3.63) is 58.0 Å². The van der Waals surface area contributed by atoms with E-state index in [4.69, 9.17) is 0 Å². The maximum Gasteiger partial charge on any atom is 0.264 e. The monoisotopic (exact) mass is 493 g/mol. The van der Waals surface area contributed by atoms with Gasteiger partial charge in [-0.25, -0.2) is 4.98 Å². The summed E-state index contributed by atoms with van der Waals surface area (Å²) < 4.78 is 0. The van der Waals surface area contributed by atoms with Crippen molar-refractivity contribution in [2.24, 2.45) is 0 Å². The molecule has 3 saturated heterocycles. The molecule has 0 unspecified atom stereocenters. The molecular formula is C25H27N5O2S2. The van der Waals surface area contributed by atoms with Crippen LogP contribution in [0.25, 0.3) is 10.4 Å². The lowest BCUT2D eigenvalue weighted by atomic mass is 9.93. The molecule has 0 radical (unpaired) electrons. The number of hydrogen-bond acceptors (Lipinski definition) is 7. The number of likely N-dealkylation sites (tertiary alicyclic amines) is 1. The van der Waals surface area contributed by atoms with Crippen LogP contribution >= 0.6 is 22.7 Å². The molecule has 0 spiro atoms. The first-order valence-electron chi connectivity index (χ1n) is 11.8. The quantitative estimate of drug-likeness (QED) is 0.490. The number of benzene rings is 1. The number of thiazole rings is 1. The summed E-state index contributed by atoms with van der Waals surface area (Å²) in [6, 6.07) is 12.3. The van der Waals surface area contributed by atoms with Crippen LogP contribution in [0.2, 0.25) is 0 Å². The maximum atomic E-state index is 12.9. The summed E-state index contributed by atoms with van der Waals surface area (Å²) in [6.45, 7) is 4.39. The Labute approximate surface area is 206 Å². The van der Waals surface area contributed by atoms with E-state index in [1.165, 1.54) is 27.3 Å². The molecule has 2 amide bonds. The third-order valence-corrected chi connectivity index (χ3v) is 9.13. The Morgan fingerprint density at radius 2 is 1.85 bits per heavy atom. The number of hydrogen-bond donors (Lipinski definition) is 3. The molecule has 3 aliphatic rings. The predicted molar refractivity (Wildman–Crippen MR) is 136 cm³/mol. The van der Waals surface area contributed by atoms with Crippen LogP contribution in [0.15, 0.2) is 42.6 Å². The van der Waals surface area contributed by atoms with E-state index in [0.717, 1.165) is 42.5 Å². The molecule has 0 saturated carbocycles. The van der Waals surface area contributed by atoms with Crippen LogP contribution in [-0.4, -0.2) is 60.5 Å². The molecule has 176 valence electrons. The molecule has 0 bridgehead atoms. The normalized spacial score (nSPS) is 20.7. The number of amides is 2. The third kappa shape index (κ3) is 4.29. The lowest BCUT2D eigenvalue weighted by Gasteiger charge is -2.37. The van der Waals surface area contributed by atoms with Crippen molar-refractivity contribution in [1.29, 1.82) is 0 Å². The molecule has 1 atom stereocenters. The predicted octanol–water partition coefficient (Wildman–Crippen LogP) is 3.49. The molecule has 3 aromatic rings. The Kier molecular flexibility index (Phi) is 5.94. The van der Waals surface area contributed by atoms with Gasteiger partial charge >= 0.3 is 0 Å². The number of carbonyl (C=O) groups is 2. The highest BCUT2D eigenvalue weighted by Crippen LogP contribution is 2.36. The number of nitrogens with one attached hydrogen (secondary N) is 3. The van der Waals surface area contributed by atoms with Gasteiger partial charge in [0.15, 0.2) is 0 Å². The standard InChI is InChI=1S/C25H27N5O2S2/c31-23(19-2-1-9-27-19)29-22-8-7-20(33-22)25(32)30-13-18(14-30)24-28-12-21(34-24)16-5-3-15(4-6-16)17-10-26-11-17/h3-8,12,17-19,26-27H,1-2,9-11,13-14H2,(H,29,31)/t19-/m0/s1. The fourth-order valence-corrected chi connectivity index (χ4v) is 6.53. The number of nitrogens with zero attached hydrogens (tertiary/aromatic N) is 2. The number of thiophene rings is 1. The summed E-state index contributed by atoms with van der Waals surface area (Å²) in [6.07, 6.45) is 3.84. The number of rotatable bonds is 6. The van der Waals surface area contributed by atoms with Crippen molar-refractivity contribution in [3.8, 4) is 10.4 Å². The second-order valence-corrected chi connectivity index (χ2v) is 11.4. The van der Waals surface area contributed by atoms with Gasteiger partial charge in [-0.3, -0.25) is 9.59 Å². The van der Waals surface area contributed by atoms with Crippen molar-refractivity contribution >= 4 is 39.5 Å². The van der Waals surface area contributed by atoms with Crippen molar-refractivity contribution in [3.63, 3.8) is 0 Å². The number of anilines is 1. The van der Waals surface area contributed by atoms with Crippen LogP contribution in [0.3, 0.4) is 0 Å². The molecule has 34 heavy (non-hydrogen) atoms. The van der Waals surface area contributed by atoms with Crippen molar-refractivity contribution in [1.82, 2.24) is 20.5 Å². The average molecular weight is 494 g/mol. The first-order valence-corrected chi connectivity index (χ1v) is 13.5. The minimum Gasteiger partial charge on any atom is -0.336 e. The lowest BCUT2D eigenvalue weighted by Crippen LogP contribution is -2.48. The van der Waals surface area contributed by atoms with Gasteiger partial charge < -0.3 is 20.9 Å². The summed E-state index contributed by atoms with van der Waals surface area (Å²) >= 11 is 3.07. The molecule has 3 fully saturated rings. The molecule has 1 aromatic carbocycles. The van der Waals surface area contributed by atoms with Gasteiger partial charge in [-0.05, 0) is 42.6 Å². The Bertz CT molecular complexity index is 1190. The molecule has 2 aromatic heterocycles. The third-order valence-electron chi connectivity index (χ3n) is 6.93. The van der Waals surface area contributed by atoms with E-state index in [0.29, 0.717) is 23.9 Å². The molecule has 5 heterocycles. The zero-order valence-corrected chi connectivity index (χ0v) is 20.4. The first-order chi connectivity index (χ1) is 16.6. The summed E-state index contributed by atoms with van der Waals surface area (Å²) in [5, 5.41) is 11.3. The van der Waals surface area contributed by atoms with Crippen molar-refractivity contribution < 1.29 is 9.59 Å². The Morgan fingerprint density at radius 3 is 2.56 bits per heavy atom. The maximum absolute atomic E-state index is 12.9. The molecular weight excluding hydrogens is 466 g/mol. The molecule has 9 heteroatoms. The van der Waals surface area contributed by atoms with Crippen LogP contribution < -0.4 is 16.0 Å². The van der Waals surface area contributed by atoms with Crippen molar-refractivity contribution in [2.75, 3.05) is 38.0 Å². The van der Waals surface area contributed by atoms with Crippen molar-refractivity contribution in [2.45, 2.75) is 30.7 Å². The number of aromatic nitrogens is 1. The zero-order chi connectivity index (χ0) is 23.1. The second-order valence-electron chi connectivity index (χ2n) is 9.25. The number of carbonyl (C=O) groups excluding carboxylic acids is 2. The van der Waals surface area contributed by atoms with E-state index in [-0.39, 0.29) is 23.8 Å². The summed E-state index contributed by atoms with van der Waals surface area (Å²) in [5.41, 5.74) is 2.60. The first kappa shape index (κ1) is 21.9.